The first kappa shape index (κ1) is 14.9. The Hall–Kier alpha value is -2.54. The largest absolute Gasteiger partial charge is 0.348 e. The van der Waals surface area contributed by atoms with Crippen molar-refractivity contribution in [3.8, 4) is 0 Å². The third kappa shape index (κ3) is 3.51. The molecule has 0 spiro atoms. The highest BCUT2D eigenvalue weighted by Gasteiger charge is 2.21. The quantitative estimate of drug-likeness (QED) is 0.531. The molecular formula is C13H11ClN4O3. The maximum atomic E-state index is 12.1. The Balaban J connectivity index is 2.19. The highest BCUT2D eigenvalue weighted by molar-refractivity contribution is 6.29. The highest BCUT2D eigenvalue weighted by atomic mass is 35.5. The second kappa shape index (κ2) is 6.27. The fourth-order valence-corrected chi connectivity index (χ4v) is 1.86. The molecule has 0 radical (unpaired) electrons. The topological polar surface area (TPSA) is 98.0 Å². The van der Waals surface area contributed by atoms with Gasteiger partial charge in [-0.15, -0.1) is 0 Å². The summed E-state index contributed by atoms with van der Waals surface area (Å²) in [6, 6.07) is 2.98. The lowest BCUT2D eigenvalue weighted by Crippen LogP contribution is -2.24. The second-order valence-corrected chi connectivity index (χ2v) is 4.65. The van der Waals surface area contributed by atoms with E-state index in [0.717, 1.165) is 17.3 Å². The number of amides is 1. The van der Waals surface area contributed by atoms with Crippen LogP contribution in [0.4, 0.5) is 5.69 Å². The molecule has 0 saturated carbocycles. The maximum absolute atomic E-state index is 12.1. The van der Waals surface area contributed by atoms with Crippen LogP contribution in [0.5, 0.6) is 0 Å². The minimum atomic E-state index is -0.673. The summed E-state index contributed by atoms with van der Waals surface area (Å²) in [5.74, 6) is -0.589. The number of aryl methyl sites for hydroxylation is 1. The van der Waals surface area contributed by atoms with Crippen molar-refractivity contribution >= 4 is 23.2 Å². The third-order valence-electron chi connectivity index (χ3n) is 2.88. The zero-order valence-corrected chi connectivity index (χ0v) is 11.8. The molecule has 0 atom stereocenters. The zero-order valence-electron chi connectivity index (χ0n) is 11.0. The number of aromatic nitrogens is 2. The molecule has 0 unspecified atom stereocenters. The van der Waals surface area contributed by atoms with E-state index < -0.39 is 10.8 Å². The lowest BCUT2D eigenvalue weighted by molar-refractivity contribution is -0.385. The monoisotopic (exact) mass is 306 g/mol. The predicted molar refractivity (Wildman–Crippen MR) is 76.0 cm³/mol. The van der Waals surface area contributed by atoms with E-state index in [0.29, 0.717) is 0 Å². The molecule has 2 aromatic rings. The van der Waals surface area contributed by atoms with Gasteiger partial charge in [-0.05, 0) is 30.2 Å². The summed E-state index contributed by atoms with van der Waals surface area (Å²) in [6.07, 6.45) is 4.24. The van der Waals surface area contributed by atoms with Gasteiger partial charge in [0, 0.05) is 18.9 Å². The molecule has 2 heterocycles. The van der Waals surface area contributed by atoms with Gasteiger partial charge in [0.2, 0.25) is 0 Å². The van der Waals surface area contributed by atoms with Crippen molar-refractivity contribution in [1.82, 2.24) is 15.3 Å². The van der Waals surface area contributed by atoms with E-state index in [9.17, 15) is 14.9 Å². The number of hydrogen-bond acceptors (Lipinski definition) is 5. The Morgan fingerprint density at radius 1 is 1.48 bits per heavy atom. The normalized spacial score (nSPS) is 10.2. The summed E-state index contributed by atoms with van der Waals surface area (Å²) >= 11 is 5.68. The van der Waals surface area contributed by atoms with Crippen molar-refractivity contribution in [1.29, 1.82) is 0 Å². The number of nitrogens with zero attached hydrogens (tertiary/aromatic N) is 3. The Morgan fingerprint density at radius 2 is 2.24 bits per heavy atom. The molecule has 8 heteroatoms. The smallest absolute Gasteiger partial charge is 0.300 e. The maximum Gasteiger partial charge on any atom is 0.300 e. The molecule has 7 nitrogen and oxygen atoms in total. The van der Waals surface area contributed by atoms with Crippen LogP contribution in [0.25, 0.3) is 0 Å². The van der Waals surface area contributed by atoms with Gasteiger partial charge in [-0.2, -0.15) is 0 Å². The Labute approximate surface area is 125 Å². The molecule has 0 fully saturated rings. The molecule has 0 aliphatic heterocycles. The van der Waals surface area contributed by atoms with Crippen LogP contribution in [0, 0.1) is 17.0 Å². The van der Waals surface area contributed by atoms with Gasteiger partial charge in [0.1, 0.15) is 16.9 Å². The number of pyridine rings is 2. The average Bonchev–Trinajstić information content (AvgIpc) is 2.45. The number of carbonyl (C=O) groups is 1. The lowest BCUT2D eigenvalue weighted by atomic mass is 10.1. The van der Waals surface area contributed by atoms with Crippen LogP contribution in [-0.2, 0) is 6.54 Å². The van der Waals surface area contributed by atoms with E-state index in [4.69, 9.17) is 11.6 Å². The van der Waals surface area contributed by atoms with Crippen LogP contribution >= 0.6 is 11.6 Å². The van der Waals surface area contributed by atoms with Crippen molar-refractivity contribution in [2.24, 2.45) is 0 Å². The van der Waals surface area contributed by atoms with Gasteiger partial charge >= 0.3 is 0 Å². The predicted octanol–water partition coefficient (Wildman–Crippen LogP) is 2.28. The van der Waals surface area contributed by atoms with E-state index in [1.165, 1.54) is 6.07 Å². The first-order valence-corrected chi connectivity index (χ1v) is 6.34. The van der Waals surface area contributed by atoms with E-state index in [1.54, 1.807) is 12.4 Å². The van der Waals surface area contributed by atoms with Crippen molar-refractivity contribution < 1.29 is 9.72 Å². The Morgan fingerprint density at radius 3 is 2.90 bits per heavy atom. The molecule has 0 bridgehead atoms. The van der Waals surface area contributed by atoms with Gasteiger partial charge in [-0.25, -0.2) is 4.98 Å². The summed E-state index contributed by atoms with van der Waals surface area (Å²) < 4.78 is 0. The number of rotatable bonds is 4. The van der Waals surface area contributed by atoms with Gasteiger partial charge in [0.05, 0.1) is 4.92 Å². The molecule has 2 aromatic heterocycles. The molecule has 0 aliphatic carbocycles. The molecule has 0 aromatic carbocycles. The molecule has 1 amide bonds. The standard InChI is InChI=1S/C13H11ClN4O3/c1-8-2-3-15-5-9(8)6-17-13(19)10-4-12(14)16-7-11(10)18(20)21/h2-5,7H,6H2,1H3,(H,17,19). The lowest BCUT2D eigenvalue weighted by Gasteiger charge is -2.07. The van der Waals surface area contributed by atoms with Crippen molar-refractivity contribution in [3.05, 3.63) is 62.7 Å². The zero-order chi connectivity index (χ0) is 15.4. The summed E-state index contributed by atoms with van der Waals surface area (Å²) in [6.45, 7) is 2.10. The van der Waals surface area contributed by atoms with E-state index >= 15 is 0 Å². The molecular weight excluding hydrogens is 296 g/mol. The van der Waals surface area contributed by atoms with Crippen LogP contribution in [0.1, 0.15) is 21.5 Å². The van der Waals surface area contributed by atoms with Crippen LogP contribution in [0.2, 0.25) is 5.15 Å². The number of carbonyl (C=O) groups excluding carboxylic acids is 1. The second-order valence-electron chi connectivity index (χ2n) is 4.27. The minimum Gasteiger partial charge on any atom is -0.348 e. The van der Waals surface area contributed by atoms with Crippen LogP contribution in [0.15, 0.2) is 30.7 Å². The molecule has 0 aliphatic rings. The third-order valence-corrected chi connectivity index (χ3v) is 3.08. The first-order valence-electron chi connectivity index (χ1n) is 5.96. The number of hydrogen-bond donors (Lipinski definition) is 1. The Bertz CT molecular complexity index is 706. The van der Waals surface area contributed by atoms with Gasteiger partial charge in [0.15, 0.2) is 0 Å². The molecule has 2 rings (SSSR count). The van der Waals surface area contributed by atoms with E-state index in [-0.39, 0.29) is 22.9 Å². The van der Waals surface area contributed by atoms with Crippen LogP contribution < -0.4 is 5.32 Å². The van der Waals surface area contributed by atoms with Gasteiger partial charge in [0.25, 0.3) is 11.6 Å². The number of nitrogens with one attached hydrogen (secondary N) is 1. The Kier molecular flexibility index (Phi) is 4.44. The van der Waals surface area contributed by atoms with Gasteiger partial charge in [-0.3, -0.25) is 19.9 Å². The molecule has 108 valence electrons. The summed E-state index contributed by atoms with van der Waals surface area (Å²) in [4.78, 5) is 29.9. The van der Waals surface area contributed by atoms with Crippen molar-refractivity contribution in [3.63, 3.8) is 0 Å². The number of nitro groups is 1. The van der Waals surface area contributed by atoms with Gasteiger partial charge < -0.3 is 5.32 Å². The first-order chi connectivity index (χ1) is 9.99. The minimum absolute atomic E-state index is 0.0170. The van der Waals surface area contributed by atoms with Crippen molar-refractivity contribution in [2.75, 3.05) is 0 Å². The van der Waals surface area contributed by atoms with Crippen molar-refractivity contribution in [2.45, 2.75) is 13.5 Å². The summed E-state index contributed by atoms with van der Waals surface area (Å²) in [7, 11) is 0. The highest BCUT2D eigenvalue weighted by Crippen LogP contribution is 2.20. The average molecular weight is 307 g/mol. The summed E-state index contributed by atoms with van der Waals surface area (Å²) in [5.41, 5.74) is 1.28. The fourth-order valence-electron chi connectivity index (χ4n) is 1.70. The fraction of sp³-hybridized carbons (Fsp3) is 0.154. The van der Waals surface area contributed by atoms with E-state index in [2.05, 4.69) is 15.3 Å². The number of halogens is 1. The summed E-state index contributed by atoms with van der Waals surface area (Å²) in [5, 5.41) is 13.5. The van der Waals surface area contributed by atoms with E-state index in [1.807, 2.05) is 13.0 Å². The van der Waals surface area contributed by atoms with Crippen LogP contribution in [0.3, 0.4) is 0 Å². The van der Waals surface area contributed by atoms with Gasteiger partial charge in [-0.1, -0.05) is 11.6 Å². The SMILES string of the molecule is Cc1ccncc1CNC(=O)c1cc(Cl)ncc1[N+](=O)[O-]. The molecule has 0 saturated heterocycles. The molecule has 1 N–H and O–H groups in total. The van der Waals surface area contributed by atoms with Crippen LogP contribution in [-0.4, -0.2) is 20.8 Å². The molecule has 21 heavy (non-hydrogen) atoms.